The molecule has 3 amide bonds. The highest BCUT2D eigenvalue weighted by Gasteiger charge is 2.44. The molecular formula is C27H28F2N4O7S. The Hall–Kier alpha value is -4.46. The molecule has 0 spiro atoms. The van der Waals surface area contributed by atoms with E-state index in [1.807, 2.05) is 0 Å². The minimum absolute atomic E-state index is 0.0618. The van der Waals surface area contributed by atoms with Gasteiger partial charge in [0, 0.05) is 17.7 Å². The molecule has 1 aliphatic heterocycles. The van der Waals surface area contributed by atoms with Crippen LogP contribution in [0.2, 0.25) is 0 Å². The lowest BCUT2D eigenvalue weighted by molar-refractivity contribution is 0.0522. The number of benzene rings is 2. The van der Waals surface area contributed by atoms with Crippen LogP contribution in [-0.2, 0) is 27.8 Å². The molecule has 0 saturated heterocycles. The van der Waals surface area contributed by atoms with Crippen LogP contribution in [0.1, 0.15) is 32.0 Å². The summed E-state index contributed by atoms with van der Waals surface area (Å²) in [7, 11) is -1.91. The predicted molar refractivity (Wildman–Crippen MR) is 144 cm³/mol. The summed E-state index contributed by atoms with van der Waals surface area (Å²) in [4.78, 5) is 30.9. The third kappa shape index (κ3) is 6.01. The highest BCUT2D eigenvalue weighted by molar-refractivity contribution is 7.94. The minimum atomic E-state index is -4.51. The molecule has 3 aromatic rings. The lowest BCUT2D eigenvalue weighted by atomic mass is 10.1. The number of amides is 3. The number of hydrogen-bond donors (Lipinski definition) is 1. The van der Waals surface area contributed by atoms with Gasteiger partial charge >= 0.3 is 12.1 Å². The summed E-state index contributed by atoms with van der Waals surface area (Å²) < 4.78 is 72.9. The van der Waals surface area contributed by atoms with Crippen LogP contribution < -0.4 is 24.0 Å². The molecule has 1 N–H and O–H groups in total. The van der Waals surface area contributed by atoms with Gasteiger partial charge in [-0.2, -0.15) is 4.31 Å². The van der Waals surface area contributed by atoms with Crippen molar-refractivity contribution < 1.29 is 41.0 Å². The maximum atomic E-state index is 14.9. The summed E-state index contributed by atoms with van der Waals surface area (Å²) in [5, 5.41) is 2.51. The van der Waals surface area contributed by atoms with E-state index in [0.717, 1.165) is 17.0 Å². The van der Waals surface area contributed by atoms with Gasteiger partial charge in [-0.05, 0) is 45.0 Å². The Morgan fingerprint density at radius 1 is 1.02 bits per heavy atom. The largest absolute Gasteiger partial charge is 0.497 e. The quantitative estimate of drug-likeness (QED) is 0.418. The molecule has 0 unspecified atom stereocenters. The number of nitrogens with zero attached hydrogens (tertiary/aromatic N) is 3. The number of ether oxygens (including phenoxy) is 3. The van der Waals surface area contributed by atoms with Gasteiger partial charge in [0.05, 0.1) is 33.0 Å². The van der Waals surface area contributed by atoms with Crippen molar-refractivity contribution in [2.75, 3.05) is 23.4 Å². The molecular weight excluding hydrogens is 562 g/mol. The van der Waals surface area contributed by atoms with E-state index in [-0.39, 0.29) is 40.1 Å². The van der Waals surface area contributed by atoms with E-state index in [4.69, 9.17) is 14.2 Å². The first kappa shape index (κ1) is 29.5. The lowest BCUT2D eigenvalue weighted by Gasteiger charge is -2.36. The van der Waals surface area contributed by atoms with E-state index in [9.17, 15) is 26.8 Å². The van der Waals surface area contributed by atoms with Crippen molar-refractivity contribution in [3.05, 3.63) is 71.4 Å². The molecule has 4 rings (SSSR count). The van der Waals surface area contributed by atoms with E-state index >= 15 is 0 Å². The molecule has 0 fully saturated rings. The zero-order valence-electron chi connectivity index (χ0n) is 22.9. The number of rotatable bonds is 7. The molecule has 14 heteroatoms. The summed E-state index contributed by atoms with van der Waals surface area (Å²) >= 11 is 0. The second-order valence-corrected chi connectivity index (χ2v) is 11.6. The monoisotopic (exact) mass is 590 g/mol. The molecule has 1 aromatic heterocycles. The molecule has 1 aliphatic rings. The number of urea groups is 1. The van der Waals surface area contributed by atoms with Gasteiger partial charge in [0.1, 0.15) is 39.3 Å². The fourth-order valence-corrected chi connectivity index (χ4v) is 5.61. The predicted octanol–water partition coefficient (Wildman–Crippen LogP) is 4.74. The van der Waals surface area contributed by atoms with Gasteiger partial charge in [0.2, 0.25) is 0 Å². The number of pyridine rings is 1. The number of methoxy groups -OCH3 is 2. The maximum absolute atomic E-state index is 14.9. The summed E-state index contributed by atoms with van der Waals surface area (Å²) in [6.07, 6.45) is -0.753. The SMILES string of the molecule is COc1cc(F)c(CN2C(=O)N(c3ccc(OC)c(CNC(=O)OC(C)(C)C)n3)S(=O)(=O)c3ccccc32)c(F)c1. The summed E-state index contributed by atoms with van der Waals surface area (Å²) in [5.74, 6) is -2.15. The van der Waals surface area contributed by atoms with Crippen LogP contribution in [0.5, 0.6) is 11.5 Å². The Labute approximate surface area is 235 Å². The number of anilines is 2. The highest BCUT2D eigenvalue weighted by Crippen LogP contribution is 2.38. The fourth-order valence-electron chi connectivity index (χ4n) is 4.07. The van der Waals surface area contributed by atoms with Crippen molar-refractivity contribution in [3.8, 4) is 11.5 Å². The molecule has 218 valence electrons. The minimum Gasteiger partial charge on any atom is -0.497 e. The maximum Gasteiger partial charge on any atom is 0.407 e. The third-order valence-electron chi connectivity index (χ3n) is 5.89. The number of carbonyl (C=O) groups excluding carboxylic acids is 2. The number of sulfonamides is 1. The average Bonchev–Trinajstić information content (AvgIpc) is 2.90. The van der Waals surface area contributed by atoms with Crippen LogP contribution in [0.3, 0.4) is 0 Å². The molecule has 0 aliphatic carbocycles. The Balaban J connectivity index is 1.76. The Morgan fingerprint density at radius 2 is 1.68 bits per heavy atom. The van der Waals surface area contributed by atoms with Crippen LogP contribution in [0, 0.1) is 11.6 Å². The zero-order valence-corrected chi connectivity index (χ0v) is 23.7. The molecule has 11 nitrogen and oxygen atoms in total. The summed E-state index contributed by atoms with van der Waals surface area (Å²) in [6.45, 7) is 4.20. The van der Waals surface area contributed by atoms with Gasteiger partial charge in [-0.1, -0.05) is 12.1 Å². The number of aromatic nitrogens is 1. The second kappa shape index (κ2) is 11.2. The van der Waals surface area contributed by atoms with Gasteiger partial charge < -0.3 is 19.5 Å². The number of carbonyl (C=O) groups is 2. The summed E-state index contributed by atoms with van der Waals surface area (Å²) in [6, 6.07) is 9.00. The van der Waals surface area contributed by atoms with Gasteiger partial charge in [-0.15, -0.1) is 0 Å². The highest BCUT2D eigenvalue weighted by atomic mass is 32.2. The van der Waals surface area contributed by atoms with Crippen molar-refractivity contribution in [1.82, 2.24) is 10.3 Å². The van der Waals surface area contributed by atoms with Crippen molar-refractivity contribution in [2.45, 2.75) is 44.4 Å². The van der Waals surface area contributed by atoms with E-state index in [0.29, 0.717) is 4.31 Å². The zero-order chi connectivity index (χ0) is 30.1. The van der Waals surface area contributed by atoms with Crippen LogP contribution in [0.4, 0.5) is 29.9 Å². The third-order valence-corrected chi connectivity index (χ3v) is 7.62. The Bertz CT molecular complexity index is 1590. The van der Waals surface area contributed by atoms with Gasteiger partial charge in [-0.25, -0.2) is 31.8 Å². The van der Waals surface area contributed by atoms with Crippen LogP contribution >= 0.6 is 0 Å². The Morgan fingerprint density at radius 3 is 2.29 bits per heavy atom. The first-order valence-electron chi connectivity index (χ1n) is 12.3. The molecule has 2 heterocycles. The van der Waals surface area contributed by atoms with Crippen molar-refractivity contribution >= 4 is 33.7 Å². The van der Waals surface area contributed by atoms with Crippen LogP contribution in [-0.4, -0.2) is 45.3 Å². The van der Waals surface area contributed by atoms with Gasteiger partial charge in [0.25, 0.3) is 10.0 Å². The summed E-state index contributed by atoms with van der Waals surface area (Å²) in [5.41, 5.74) is -1.21. The van der Waals surface area contributed by atoms with E-state index in [2.05, 4.69) is 10.3 Å². The second-order valence-electron chi connectivity index (χ2n) is 9.85. The molecule has 0 saturated carbocycles. The number of nitrogens with one attached hydrogen (secondary N) is 1. The van der Waals surface area contributed by atoms with E-state index in [1.54, 1.807) is 20.8 Å². The first-order chi connectivity index (χ1) is 19.3. The van der Waals surface area contributed by atoms with E-state index in [1.165, 1.54) is 50.6 Å². The van der Waals surface area contributed by atoms with Crippen molar-refractivity contribution in [3.63, 3.8) is 0 Å². The lowest BCUT2D eigenvalue weighted by Crippen LogP contribution is -2.51. The Kier molecular flexibility index (Phi) is 8.06. The topological polar surface area (TPSA) is 127 Å². The molecule has 0 radical (unpaired) electrons. The number of fused-ring (bicyclic) bond motifs is 1. The number of para-hydroxylation sites is 1. The van der Waals surface area contributed by atoms with Gasteiger partial charge in [-0.3, -0.25) is 4.90 Å². The van der Waals surface area contributed by atoms with Crippen LogP contribution in [0.15, 0.2) is 53.4 Å². The number of hydrogen-bond acceptors (Lipinski definition) is 8. The number of alkyl carbamates (subject to hydrolysis) is 1. The average molecular weight is 591 g/mol. The fraction of sp³-hybridized carbons (Fsp3) is 0.296. The van der Waals surface area contributed by atoms with Crippen LogP contribution in [0.25, 0.3) is 0 Å². The van der Waals surface area contributed by atoms with E-state index < -0.39 is 51.5 Å². The normalized spacial score (nSPS) is 14.4. The molecule has 41 heavy (non-hydrogen) atoms. The van der Waals surface area contributed by atoms with Crippen molar-refractivity contribution in [1.29, 1.82) is 0 Å². The standard InChI is InChI=1S/C27H28F2N4O7S/c1-27(2,3)40-25(34)30-14-20-22(39-5)10-11-24(31-20)33-26(35)32(21-8-6-7-9-23(21)41(33,36)37)15-17-18(28)12-16(38-4)13-19(17)29/h6-13H,14-15H2,1-5H3,(H,30,34). The number of halogens is 2. The molecule has 0 atom stereocenters. The first-order valence-corrected chi connectivity index (χ1v) is 13.7. The molecule has 0 bridgehead atoms. The smallest absolute Gasteiger partial charge is 0.407 e. The van der Waals surface area contributed by atoms with Gasteiger partial charge in [0.15, 0.2) is 5.82 Å². The van der Waals surface area contributed by atoms with Crippen molar-refractivity contribution in [2.24, 2.45) is 0 Å². The molecule has 2 aromatic carbocycles.